The van der Waals surface area contributed by atoms with Gasteiger partial charge in [0.15, 0.2) is 5.92 Å². The number of amides is 2. The Labute approximate surface area is 199 Å². The van der Waals surface area contributed by atoms with Crippen LogP contribution < -0.4 is 10.6 Å². The molecule has 0 spiro atoms. The average molecular weight is 490 g/mol. The predicted octanol–water partition coefficient (Wildman–Crippen LogP) is 4.07. The van der Waals surface area contributed by atoms with Crippen molar-refractivity contribution in [2.24, 2.45) is 11.8 Å². The molecule has 186 valence electrons. The van der Waals surface area contributed by atoms with Crippen LogP contribution in [0.1, 0.15) is 36.3 Å². The number of carbonyl (C=O) groups excluding carboxylic acids is 2. The molecule has 2 aromatic rings. The van der Waals surface area contributed by atoms with Crippen LogP contribution in [-0.4, -0.2) is 48.4 Å². The maximum absolute atomic E-state index is 13.5. The van der Waals surface area contributed by atoms with E-state index in [1.165, 1.54) is 0 Å². The van der Waals surface area contributed by atoms with Gasteiger partial charge in [-0.05, 0) is 35.1 Å². The van der Waals surface area contributed by atoms with E-state index in [-0.39, 0.29) is 25.4 Å². The summed E-state index contributed by atoms with van der Waals surface area (Å²) in [5.74, 6) is -6.24. The third-order valence-corrected chi connectivity index (χ3v) is 6.67. The number of alkyl halides is 3. The Morgan fingerprint density at radius 1 is 1.00 bits per heavy atom. The minimum absolute atomic E-state index is 0.0783. The van der Waals surface area contributed by atoms with E-state index in [0.717, 1.165) is 22.3 Å². The average Bonchev–Trinajstić information content (AvgIpc) is 3.39. The summed E-state index contributed by atoms with van der Waals surface area (Å²) in [6, 6.07) is 14.4. The van der Waals surface area contributed by atoms with E-state index in [2.05, 4.69) is 5.32 Å². The number of alkyl carbamates (subject to hydrolysis) is 1. The smallest absolute Gasteiger partial charge is 0.407 e. The third-order valence-electron chi connectivity index (χ3n) is 6.67. The van der Waals surface area contributed by atoms with Crippen molar-refractivity contribution in [1.29, 1.82) is 0 Å². The van der Waals surface area contributed by atoms with E-state index in [1.54, 1.807) is 0 Å². The third kappa shape index (κ3) is 5.26. The molecule has 1 unspecified atom stereocenters. The first-order valence-electron chi connectivity index (χ1n) is 11.4. The second-order valence-electron chi connectivity index (χ2n) is 8.79. The minimum atomic E-state index is -4.93. The predicted molar refractivity (Wildman–Crippen MR) is 120 cm³/mol. The lowest BCUT2D eigenvalue weighted by atomic mass is 9.98. The summed E-state index contributed by atoms with van der Waals surface area (Å²) in [6.45, 7) is -1.10. The molecular formula is C25H25F3N2O5. The first-order chi connectivity index (χ1) is 16.7. The van der Waals surface area contributed by atoms with Crippen molar-refractivity contribution in [1.82, 2.24) is 10.6 Å². The highest BCUT2D eigenvalue weighted by molar-refractivity contribution is 5.82. The first-order valence-corrected chi connectivity index (χ1v) is 11.4. The molecule has 0 aromatic heterocycles. The van der Waals surface area contributed by atoms with Gasteiger partial charge in [-0.25, -0.2) is 4.79 Å². The quantitative estimate of drug-likeness (QED) is 0.543. The second-order valence-corrected chi connectivity index (χ2v) is 8.79. The summed E-state index contributed by atoms with van der Waals surface area (Å²) in [7, 11) is 0. The number of rotatable bonds is 7. The lowest BCUT2D eigenvalue weighted by molar-refractivity contribution is -0.181. The van der Waals surface area contributed by atoms with Crippen molar-refractivity contribution < 1.29 is 37.4 Å². The summed E-state index contributed by atoms with van der Waals surface area (Å²) in [6.07, 6.45) is -4.94. The summed E-state index contributed by atoms with van der Waals surface area (Å²) in [5, 5.41) is 13.4. The van der Waals surface area contributed by atoms with Crippen molar-refractivity contribution in [3.05, 3.63) is 59.7 Å². The van der Waals surface area contributed by atoms with Gasteiger partial charge in [0.05, 0.1) is 5.92 Å². The number of fused-ring (bicyclic) bond motifs is 3. The number of nitrogens with one attached hydrogen (secondary N) is 2. The van der Waals surface area contributed by atoms with Crippen LogP contribution in [0.3, 0.4) is 0 Å². The van der Waals surface area contributed by atoms with Gasteiger partial charge in [-0.15, -0.1) is 0 Å². The van der Waals surface area contributed by atoms with Crippen LogP contribution >= 0.6 is 0 Å². The summed E-state index contributed by atoms with van der Waals surface area (Å²) >= 11 is 0. The summed E-state index contributed by atoms with van der Waals surface area (Å²) in [5.41, 5.74) is 3.94. The second kappa shape index (κ2) is 9.97. The molecule has 2 amide bonds. The van der Waals surface area contributed by atoms with Gasteiger partial charge >= 0.3 is 18.2 Å². The molecule has 1 fully saturated rings. The van der Waals surface area contributed by atoms with Crippen LogP contribution in [0, 0.1) is 11.8 Å². The molecule has 0 aliphatic heterocycles. The van der Waals surface area contributed by atoms with E-state index < -0.39 is 48.6 Å². The van der Waals surface area contributed by atoms with Crippen LogP contribution in [0.2, 0.25) is 0 Å². The highest BCUT2D eigenvalue weighted by Crippen LogP contribution is 2.44. The fourth-order valence-electron chi connectivity index (χ4n) is 4.90. The van der Waals surface area contributed by atoms with E-state index in [9.17, 15) is 32.7 Å². The molecule has 0 heterocycles. The van der Waals surface area contributed by atoms with Crippen molar-refractivity contribution in [2.45, 2.75) is 37.4 Å². The lowest BCUT2D eigenvalue weighted by Crippen LogP contribution is -2.50. The highest BCUT2D eigenvalue weighted by atomic mass is 19.4. The van der Waals surface area contributed by atoms with Gasteiger partial charge in [-0.2, -0.15) is 13.2 Å². The molecule has 35 heavy (non-hydrogen) atoms. The molecule has 10 heteroatoms. The van der Waals surface area contributed by atoms with Crippen molar-refractivity contribution >= 4 is 18.0 Å². The monoisotopic (exact) mass is 490 g/mol. The zero-order chi connectivity index (χ0) is 25.2. The number of halogens is 3. The zero-order valence-electron chi connectivity index (χ0n) is 18.7. The maximum Gasteiger partial charge on any atom is 0.407 e. The molecule has 3 N–H and O–H groups in total. The topological polar surface area (TPSA) is 105 Å². The Kier molecular flexibility index (Phi) is 7.00. The highest BCUT2D eigenvalue weighted by Gasteiger charge is 2.46. The number of carboxylic acids is 1. The van der Waals surface area contributed by atoms with Gasteiger partial charge in [-0.3, -0.25) is 9.59 Å². The number of carboxylic acid groups (broad SMARTS) is 1. The van der Waals surface area contributed by atoms with Crippen LogP contribution in [0.4, 0.5) is 18.0 Å². The van der Waals surface area contributed by atoms with Crippen LogP contribution in [0.25, 0.3) is 11.1 Å². The lowest BCUT2D eigenvalue weighted by Gasteiger charge is -2.24. The summed E-state index contributed by atoms with van der Waals surface area (Å²) in [4.78, 5) is 35.9. The van der Waals surface area contributed by atoms with Gasteiger partial charge in [0, 0.05) is 18.5 Å². The molecule has 1 saturated carbocycles. The van der Waals surface area contributed by atoms with Crippen molar-refractivity contribution in [3.63, 3.8) is 0 Å². The minimum Gasteiger partial charge on any atom is -0.481 e. The maximum atomic E-state index is 13.5. The molecule has 0 saturated heterocycles. The van der Waals surface area contributed by atoms with Gasteiger partial charge in [0.25, 0.3) is 0 Å². The Hall–Kier alpha value is -3.56. The standard InChI is InChI=1S/C25H25F3N2O5/c26-25(27,28)20(22(31)30-21-11-5-10-18(21)23(32)33)12-29-24(34)35-13-19-16-8-3-1-6-14(16)15-7-2-4-9-17(15)19/h1-4,6-9,18-21H,5,10-13H2,(H,29,34)(H,30,31)(H,32,33)/t18-,20?,21+/m1/s1. The molecule has 0 bridgehead atoms. The Morgan fingerprint density at radius 2 is 1.60 bits per heavy atom. The van der Waals surface area contributed by atoms with Gasteiger partial charge in [-0.1, -0.05) is 55.0 Å². The number of aliphatic carboxylic acids is 1. The number of hydrogen-bond donors (Lipinski definition) is 3. The molecule has 2 aliphatic carbocycles. The molecule has 4 rings (SSSR count). The first kappa shape index (κ1) is 24.6. The number of benzene rings is 2. The summed E-state index contributed by atoms with van der Waals surface area (Å²) < 4.78 is 45.9. The van der Waals surface area contributed by atoms with Crippen LogP contribution in [0.15, 0.2) is 48.5 Å². The zero-order valence-corrected chi connectivity index (χ0v) is 18.7. The van der Waals surface area contributed by atoms with E-state index >= 15 is 0 Å². The van der Waals surface area contributed by atoms with Gasteiger partial charge in [0.2, 0.25) is 5.91 Å². The van der Waals surface area contributed by atoms with Crippen molar-refractivity contribution in [3.8, 4) is 11.1 Å². The molecule has 3 atom stereocenters. The van der Waals surface area contributed by atoms with Gasteiger partial charge < -0.3 is 20.5 Å². The fourth-order valence-corrected chi connectivity index (χ4v) is 4.90. The molecular weight excluding hydrogens is 465 g/mol. The molecule has 2 aromatic carbocycles. The Morgan fingerprint density at radius 3 is 2.17 bits per heavy atom. The Bertz CT molecular complexity index is 1070. The SMILES string of the molecule is O=C(NCC(C(=O)N[C@H]1CCC[C@H]1C(=O)O)C(F)(F)F)OCC1c2ccccc2-c2ccccc21. The number of carbonyl (C=O) groups is 3. The molecule has 0 radical (unpaired) electrons. The largest absolute Gasteiger partial charge is 0.481 e. The number of hydrogen-bond acceptors (Lipinski definition) is 4. The Balaban J connectivity index is 1.36. The van der Waals surface area contributed by atoms with Crippen molar-refractivity contribution in [2.75, 3.05) is 13.2 Å². The van der Waals surface area contributed by atoms with E-state index in [4.69, 9.17) is 4.74 Å². The van der Waals surface area contributed by atoms with E-state index in [1.807, 2.05) is 53.8 Å². The van der Waals surface area contributed by atoms with E-state index in [0.29, 0.717) is 6.42 Å². The fraction of sp³-hybridized carbons (Fsp3) is 0.400. The molecule has 2 aliphatic rings. The van der Waals surface area contributed by atoms with Crippen LogP contribution in [0.5, 0.6) is 0 Å². The van der Waals surface area contributed by atoms with Crippen LogP contribution in [-0.2, 0) is 14.3 Å². The van der Waals surface area contributed by atoms with Gasteiger partial charge in [0.1, 0.15) is 6.61 Å². The number of ether oxygens (including phenoxy) is 1. The normalized spacial score (nSPS) is 20.0. The molecule has 7 nitrogen and oxygen atoms in total.